The maximum absolute atomic E-state index is 11.6. The first-order chi connectivity index (χ1) is 13.2. The van der Waals surface area contributed by atoms with Gasteiger partial charge in [0, 0.05) is 17.3 Å². The number of ether oxygens (including phenoxy) is 2. The summed E-state index contributed by atoms with van der Waals surface area (Å²) >= 11 is 6.12. The van der Waals surface area contributed by atoms with Crippen LogP contribution in [0.25, 0.3) is 0 Å². The number of halogens is 1. The zero-order valence-corrected chi connectivity index (χ0v) is 17.0. The van der Waals surface area contributed by atoms with E-state index in [2.05, 4.69) is 0 Å². The maximum Gasteiger partial charge on any atom is 0.163 e. The number of ketones is 1. The van der Waals surface area contributed by atoms with Crippen molar-refractivity contribution in [2.75, 3.05) is 18.9 Å². The lowest BCUT2D eigenvalue weighted by molar-refractivity contribution is 0.0622. The largest absolute Gasteiger partial charge is 0.507 e. The number of nitrogen functional groups attached to an aromatic ring is 1. The van der Waals surface area contributed by atoms with E-state index in [1.165, 1.54) is 13.0 Å². The number of phenols is 1. The Kier molecular flexibility index (Phi) is 7.54. The van der Waals surface area contributed by atoms with Gasteiger partial charge in [-0.2, -0.15) is 0 Å². The number of benzene rings is 2. The van der Waals surface area contributed by atoms with Crippen LogP contribution in [-0.4, -0.2) is 35.3 Å². The third kappa shape index (κ3) is 5.30. The van der Waals surface area contributed by atoms with Crippen molar-refractivity contribution in [3.05, 3.63) is 46.0 Å². The third-order valence-electron chi connectivity index (χ3n) is 4.30. The number of aromatic hydroxyl groups is 1. The molecule has 152 valence electrons. The standard InChI is InChI=1S/C21H26ClNO5/c1-4-5-16-19(7-6-15(13(3)24)21(16)26)27-10-14(25)11-28-20-9-18(23)12(2)8-17(20)22/h6-9,14,25-26H,4-5,10-11,23H2,1-3H3. The van der Waals surface area contributed by atoms with Gasteiger partial charge >= 0.3 is 0 Å². The number of anilines is 1. The molecule has 7 heteroatoms. The Bertz CT molecular complexity index is 853. The van der Waals surface area contributed by atoms with E-state index in [1.807, 2.05) is 13.8 Å². The van der Waals surface area contributed by atoms with Crippen LogP contribution in [0.5, 0.6) is 17.2 Å². The second-order valence-corrected chi connectivity index (χ2v) is 7.07. The van der Waals surface area contributed by atoms with E-state index >= 15 is 0 Å². The van der Waals surface area contributed by atoms with Gasteiger partial charge in [0.25, 0.3) is 0 Å². The normalized spacial score (nSPS) is 11.9. The van der Waals surface area contributed by atoms with Crippen molar-refractivity contribution < 1.29 is 24.5 Å². The zero-order chi connectivity index (χ0) is 20.8. The minimum atomic E-state index is -0.928. The van der Waals surface area contributed by atoms with Crippen LogP contribution in [-0.2, 0) is 6.42 Å². The van der Waals surface area contributed by atoms with Crippen LogP contribution < -0.4 is 15.2 Å². The average Bonchev–Trinajstić information content (AvgIpc) is 2.63. The molecule has 4 N–H and O–H groups in total. The lowest BCUT2D eigenvalue weighted by atomic mass is 10.0. The summed E-state index contributed by atoms with van der Waals surface area (Å²) in [7, 11) is 0. The highest BCUT2D eigenvalue weighted by atomic mass is 35.5. The van der Waals surface area contributed by atoms with Gasteiger partial charge in [0.2, 0.25) is 0 Å². The summed E-state index contributed by atoms with van der Waals surface area (Å²) < 4.78 is 11.2. The molecule has 0 bridgehead atoms. The monoisotopic (exact) mass is 407 g/mol. The number of Topliss-reactive ketones (excluding diaryl/α,β-unsaturated/α-hetero) is 1. The van der Waals surface area contributed by atoms with Crippen LogP contribution in [0.1, 0.15) is 41.8 Å². The number of aliphatic hydroxyl groups is 1. The third-order valence-corrected chi connectivity index (χ3v) is 4.60. The van der Waals surface area contributed by atoms with Crippen molar-refractivity contribution in [1.82, 2.24) is 0 Å². The molecule has 2 aromatic rings. The maximum atomic E-state index is 11.6. The molecular formula is C21H26ClNO5. The number of phenolic OH excluding ortho intramolecular Hbond substituents is 1. The number of aryl methyl sites for hydroxylation is 1. The van der Waals surface area contributed by atoms with Gasteiger partial charge < -0.3 is 25.4 Å². The fourth-order valence-electron chi connectivity index (χ4n) is 2.73. The first-order valence-electron chi connectivity index (χ1n) is 9.09. The molecule has 2 rings (SSSR count). The van der Waals surface area contributed by atoms with Crippen LogP contribution in [0.15, 0.2) is 24.3 Å². The van der Waals surface area contributed by atoms with E-state index in [4.69, 9.17) is 26.8 Å². The number of rotatable bonds is 9. The van der Waals surface area contributed by atoms with Crippen molar-refractivity contribution in [2.45, 2.75) is 39.7 Å². The van der Waals surface area contributed by atoms with Crippen molar-refractivity contribution in [2.24, 2.45) is 0 Å². The highest BCUT2D eigenvalue weighted by Crippen LogP contribution is 2.33. The molecule has 0 saturated carbocycles. The summed E-state index contributed by atoms with van der Waals surface area (Å²) in [5.74, 6) is 0.531. The van der Waals surface area contributed by atoms with Crippen molar-refractivity contribution in [3.63, 3.8) is 0 Å². The van der Waals surface area contributed by atoms with Gasteiger partial charge in [-0.25, -0.2) is 0 Å². The number of carbonyl (C=O) groups is 1. The second kappa shape index (κ2) is 9.66. The van der Waals surface area contributed by atoms with E-state index in [-0.39, 0.29) is 30.3 Å². The van der Waals surface area contributed by atoms with Crippen molar-refractivity contribution in [3.8, 4) is 17.2 Å². The van der Waals surface area contributed by atoms with E-state index in [0.717, 1.165) is 12.0 Å². The quantitative estimate of drug-likeness (QED) is 0.430. The summed E-state index contributed by atoms with van der Waals surface area (Å²) in [6.45, 7) is 5.12. The first kappa shape index (κ1) is 21.9. The molecule has 0 aliphatic rings. The average molecular weight is 408 g/mol. The van der Waals surface area contributed by atoms with Crippen LogP contribution in [0.2, 0.25) is 5.02 Å². The highest BCUT2D eigenvalue weighted by Gasteiger charge is 2.17. The summed E-state index contributed by atoms with van der Waals surface area (Å²) in [5, 5.41) is 20.9. The topological polar surface area (TPSA) is 102 Å². The van der Waals surface area contributed by atoms with E-state index in [9.17, 15) is 15.0 Å². The van der Waals surface area contributed by atoms with Crippen LogP contribution >= 0.6 is 11.6 Å². The lowest BCUT2D eigenvalue weighted by Gasteiger charge is -2.18. The first-order valence-corrected chi connectivity index (χ1v) is 9.47. The molecule has 0 aliphatic carbocycles. The molecule has 1 atom stereocenters. The minimum Gasteiger partial charge on any atom is -0.507 e. The van der Waals surface area contributed by atoms with Crippen molar-refractivity contribution >= 4 is 23.1 Å². The minimum absolute atomic E-state index is 0.0388. The molecule has 0 fully saturated rings. The predicted octanol–water partition coefficient (Wildman–Crippen LogP) is 3.91. The fraction of sp³-hybridized carbons (Fsp3) is 0.381. The summed E-state index contributed by atoms with van der Waals surface area (Å²) in [4.78, 5) is 11.6. The van der Waals surface area contributed by atoms with Gasteiger partial charge in [-0.05, 0) is 44.0 Å². The Morgan fingerprint density at radius 1 is 1.21 bits per heavy atom. The van der Waals surface area contributed by atoms with Crippen LogP contribution in [0, 0.1) is 6.92 Å². The molecule has 2 aromatic carbocycles. The molecule has 0 spiro atoms. The Morgan fingerprint density at radius 2 is 1.86 bits per heavy atom. The molecular weight excluding hydrogens is 382 g/mol. The summed E-state index contributed by atoms with van der Waals surface area (Å²) in [6.07, 6.45) is 0.389. The van der Waals surface area contributed by atoms with Crippen molar-refractivity contribution in [1.29, 1.82) is 0 Å². The fourth-order valence-corrected chi connectivity index (χ4v) is 3.00. The second-order valence-electron chi connectivity index (χ2n) is 6.66. The zero-order valence-electron chi connectivity index (χ0n) is 16.3. The molecule has 0 aliphatic heterocycles. The number of aliphatic hydroxyl groups excluding tert-OH is 1. The van der Waals surface area contributed by atoms with Gasteiger partial charge in [-0.1, -0.05) is 24.9 Å². The van der Waals surface area contributed by atoms with E-state index < -0.39 is 6.10 Å². The molecule has 0 aromatic heterocycles. The number of nitrogens with two attached hydrogens (primary N) is 1. The number of hydrogen-bond acceptors (Lipinski definition) is 6. The molecule has 0 saturated heterocycles. The van der Waals surface area contributed by atoms with Crippen LogP contribution in [0.3, 0.4) is 0 Å². The molecule has 6 nitrogen and oxygen atoms in total. The molecule has 28 heavy (non-hydrogen) atoms. The predicted molar refractivity (Wildman–Crippen MR) is 110 cm³/mol. The molecule has 0 amide bonds. The van der Waals surface area contributed by atoms with Gasteiger partial charge in [0.15, 0.2) is 5.78 Å². The Balaban J connectivity index is 2.02. The molecule has 0 heterocycles. The molecule has 1 unspecified atom stereocenters. The Labute approximate surface area is 169 Å². The SMILES string of the molecule is CCCc1c(OCC(O)COc2cc(N)c(C)cc2Cl)ccc(C(C)=O)c1O. The summed E-state index contributed by atoms with van der Waals surface area (Å²) in [6, 6.07) is 6.46. The lowest BCUT2D eigenvalue weighted by Crippen LogP contribution is -2.25. The Hall–Kier alpha value is -2.44. The van der Waals surface area contributed by atoms with Gasteiger partial charge in [0.1, 0.15) is 36.6 Å². The smallest absolute Gasteiger partial charge is 0.163 e. The van der Waals surface area contributed by atoms with E-state index in [0.29, 0.717) is 34.2 Å². The Morgan fingerprint density at radius 3 is 2.46 bits per heavy atom. The molecule has 0 radical (unpaired) electrons. The van der Waals surface area contributed by atoms with E-state index in [1.54, 1.807) is 18.2 Å². The van der Waals surface area contributed by atoms with Gasteiger partial charge in [-0.3, -0.25) is 4.79 Å². The highest BCUT2D eigenvalue weighted by molar-refractivity contribution is 6.32. The van der Waals surface area contributed by atoms with Crippen LogP contribution in [0.4, 0.5) is 5.69 Å². The van der Waals surface area contributed by atoms with Gasteiger partial charge in [-0.15, -0.1) is 0 Å². The summed E-state index contributed by atoms with van der Waals surface area (Å²) in [5.41, 5.74) is 8.06. The number of carbonyl (C=O) groups excluding carboxylic acids is 1. The van der Waals surface area contributed by atoms with Gasteiger partial charge in [0.05, 0.1) is 10.6 Å². The number of hydrogen-bond donors (Lipinski definition) is 3.